The van der Waals surface area contributed by atoms with Crippen LogP contribution in [-0.2, 0) is 11.3 Å². The van der Waals surface area contributed by atoms with E-state index in [2.05, 4.69) is 5.32 Å². The summed E-state index contributed by atoms with van der Waals surface area (Å²) in [5.41, 5.74) is 0.626. The van der Waals surface area contributed by atoms with Crippen LogP contribution in [0.25, 0.3) is 0 Å². The lowest BCUT2D eigenvalue weighted by Crippen LogP contribution is -2.12. The molecular weight excluding hydrogens is 270 g/mol. The Bertz CT molecular complexity index is 591. The van der Waals surface area contributed by atoms with Crippen molar-refractivity contribution >= 4 is 11.6 Å². The molecule has 5 nitrogen and oxygen atoms in total. The second-order valence-corrected chi connectivity index (χ2v) is 4.50. The van der Waals surface area contributed by atoms with Crippen LogP contribution in [0.15, 0.2) is 40.8 Å². The van der Waals surface area contributed by atoms with Gasteiger partial charge in [0, 0.05) is 7.11 Å². The number of hydrogen-bond donors (Lipinski definition) is 1. The number of hydrogen-bond acceptors (Lipinski definition) is 4. The summed E-state index contributed by atoms with van der Waals surface area (Å²) in [6, 6.07) is 10.7. The van der Waals surface area contributed by atoms with Crippen LogP contribution in [0.3, 0.4) is 0 Å². The quantitative estimate of drug-likeness (QED) is 0.848. The predicted molar refractivity (Wildman–Crippen MR) is 79.6 cm³/mol. The number of nitrogens with one attached hydrogen (secondary N) is 1. The number of ether oxygens (including phenoxy) is 2. The van der Waals surface area contributed by atoms with Gasteiger partial charge in [-0.05, 0) is 30.7 Å². The standard InChI is InChI=1S/C16H19NO4/c1-3-10-20-14-7-5-4-6-13(14)17-16(18)15-9-8-12(21-15)11-19-2/h4-9H,3,10-11H2,1-2H3,(H,17,18). The molecule has 0 aliphatic carbocycles. The van der Waals surface area contributed by atoms with E-state index in [1.54, 1.807) is 25.3 Å². The Morgan fingerprint density at radius 2 is 2.05 bits per heavy atom. The van der Waals surface area contributed by atoms with Crippen LogP contribution >= 0.6 is 0 Å². The minimum Gasteiger partial charge on any atom is -0.491 e. The van der Waals surface area contributed by atoms with Crippen LogP contribution in [0, 0.1) is 0 Å². The van der Waals surface area contributed by atoms with E-state index in [-0.39, 0.29) is 11.7 Å². The fourth-order valence-corrected chi connectivity index (χ4v) is 1.81. The number of carbonyl (C=O) groups is 1. The first-order valence-electron chi connectivity index (χ1n) is 6.85. The summed E-state index contributed by atoms with van der Waals surface area (Å²) in [6.45, 7) is 2.97. The normalized spacial score (nSPS) is 10.4. The van der Waals surface area contributed by atoms with E-state index in [0.717, 1.165) is 6.42 Å². The Kier molecular flexibility index (Phi) is 5.40. The average molecular weight is 289 g/mol. The van der Waals surface area contributed by atoms with Crippen molar-refractivity contribution in [1.82, 2.24) is 0 Å². The van der Waals surface area contributed by atoms with E-state index in [1.165, 1.54) is 0 Å². The molecule has 2 rings (SSSR count). The summed E-state index contributed by atoms with van der Waals surface area (Å²) in [5.74, 6) is 1.19. The minimum absolute atomic E-state index is 0.243. The van der Waals surface area contributed by atoms with Gasteiger partial charge in [-0.1, -0.05) is 19.1 Å². The van der Waals surface area contributed by atoms with Gasteiger partial charge in [-0.3, -0.25) is 4.79 Å². The lowest BCUT2D eigenvalue weighted by molar-refractivity contribution is 0.0987. The number of para-hydroxylation sites is 2. The zero-order valence-electron chi connectivity index (χ0n) is 12.2. The number of benzene rings is 1. The third-order valence-electron chi connectivity index (χ3n) is 2.77. The Labute approximate surface area is 123 Å². The van der Waals surface area contributed by atoms with Crippen molar-refractivity contribution in [2.75, 3.05) is 19.0 Å². The Morgan fingerprint density at radius 1 is 1.24 bits per heavy atom. The van der Waals surface area contributed by atoms with Gasteiger partial charge < -0.3 is 19.2 Å². The van der Waals surface area contributed by atoms with Crippen molar-refractivity contribution in [3.8, 4) is 5.75 Å². The topological polar surface area (TPSA) is 60.7 Å². The van der Waals surface area contributed by atoms with Gasteiger partial charge >= 0.3 is 0 Å². The van der Waals surface area contributed by atoms with Crippen molar-refractivity contribution in [3.63, 3.8) is 0 Å². The van der Waals surface area contributed by atoms with Gasteiger partial charge in [-0.2, -0.15) is 0 Å². The second-order valence-electron chi connectivity index (χ2n) is 4.50. The van der Waals surface area contributed by atoms with Gasteiger partial charge in [0.2, 0.25) is 0 Å². The highest BCUT2D eigenvalue weighted by Gasteiger charge is 2.13. The summed E-state index contributed by atoms with van der Waals surface area (Å²) in [4.78, 5) is 12.2. The van der Waals surface area contributed by atoms with Gasteiger partial charge in [0.25, 0.3) is 5.91 Å². The summed E-state index contributed by atoms with van der Waals surface area (Å²) < 4.78 is 16.0. The zero-order valence-corrected chi connectivity index (χ0v) is 12.2. The molecular formula is C16H19NO4. The molecule has 1 amide bonds. The fraction of sp³-hybridized carbons (Fsp3) is 0.312. The van der Waals surface area contributed by atoms with Gasteiger partial charge in [0.05, 0.1) is 12.3 Å². The van der Waals surface area contributed by atoms with Crippen LogP contribution in [0.5, 0.6) is 5.75 Å². The van der Waals surface area contributed by atoms with Crippen molar-refractivity contribution in [2.24, 2.45) is 0 Å². The monoisotopic (exact) mass is 289 g/mol. The number of anilines is 1. The van der Waals surface area contributed by atoms with Gasteiger partial charge in [0.1, 0.15) is 18.1 Å². The SMILES string of the molecule is CCCOc1ccccc1NC(=O)c1ccc(COC)o1. The summed E-state index contributed by atoms with van der Waals surface area (Å²) in [6.07, 6.45) is 0.904. The molecule has 0 fully saturated rings. The third-order valence-corrected chi connectivity index (χ3v) is 2.77. The van der Waals surface area contributed by atoms with Gasteiger partial charge in [-0.15, -0.1) is 0 Å². The smallest absolute Gasteiger partial charge is 0.291 e. The summed E-state index contributed by atoms with van der Waals surface area (Å²) >= 11 is 0. The summed E-state index contributed by atoms with van der Waals surface area (Å²) in [5, 5.41) is 2.79. The minimum atomic E-state index is -0.315. The van der Waals surface area contributed by atoms with Gasteiger partial charge in [0.15, 0.2) is 5.76 Å². The first-order valence-corrected chi connectivity index (χ1v) is 6.85. The molecule has 5 heteroatoms. The maximum atomic E-state index is 12.2. The van der Waals surface area contributed by atoms with Crippen molar-refractivity contribution in [1.29, 1.82) is 0 Å². The number of carbonyl (C=O) groups excluding carboxylic acids is 1. The molecule has 0 saturated carbocycles. The fourth-order valence-electron chi connectivity index (χ4n) is 1.81. The molecule has 1 aromatic carbocycles. The maximum absolute atomic E-state index is 12.2. The van der Waals surface area contributed by atoms with Crippen molar-refractivity contribution < 1.29 is 18.7 Å². The third kappa shape index (κ3) is 4.10. The second kappa shape index (κ2) is 7.50. The van der Waals surface area contributed by atoms with Crippen LogP contribution in [0.4, 0.5) is 5.69 Å². The zero-order chi connectivity index (χ0) is 15.1. The molecule has 2 aromatic rings. The highest BCUT2D eigenvalue weighted by atomic mass is 16.5. The maximum Gasteiger partial charge on any atom is 0.291 e. The van der Waals surface area contributed by atoms with Crippen LogP contribution in [0.1, 0.15) is 29.7 Å². The molecule has 0 atom stereocenters. The lowest BCUT2D eigenvalue weighted by Gasteiger charge is -2.11. The van der Waals surface area contributed by atoms with Crippen molar-refractivity contribution in [3.05, 3.63) is 47.9 Å². The summed E-state index contributed by atoms with van der Waals surface area (Å²) in [7, 11) is 1.57. The van der Waals surface area contributed by atoms with E-state index in [1.807, 2.05) is 25.1 Å². The molecule has 0 bridgehead atoms. The molecule has 1 aromatic heterocycles. The van der Waals surface area contributed by atoms with Gasteiger partial charge in [-0.25, -0.2) is 0 Å². The molecule has 0 aliphatic rings. The molecule has 1 N–H and O–H groups in total. The molecule has 0 saturated heterocycles. The number of amides is 1. The first-order chi connectivity index (χ1) is 10.2. The van der Waals surface area contributed by atoms with Crippen LogP contribution < -0.4 is 10.1 Å². The Balaban J connectivity index is 2.07. The van der Waals surface area contributed by atoms with Crippen molar-refractivity contribution in [2.45, 2.75) is 20.0 Å². The predicted octanol–water partition coefficient (Wildman–Crippen LogP) is 3.47. The highest BCUT2D eigenvalue weighted by Crippen LogP contribution is 2.24. The average Bonchev–Trinajstić information content (AvgIpc) is 2.95. The molecule has 0 unspecified atom stereocenters. The first kappa shape index (κ1) is 15.1. The number of rotatable bonds is 7. The van der Waals surface area contributed by atoms with E-state index in [4.69, 9.17) is 13.9 Å². The Hall–Kier alpha value is -2.27. The van der Waals surface area contributed by atoms with E-state index >= 15 is 0 Å². The lowest BCUT2D eigenvalue weighted by atomic mass is 10.3. The molecule has 21 heavy (non-hydrogen) atoms. The molecule has 1 heterocycles. The number of furan rings is 1. The molecule has 0 radical (unpaired) electrons. The Morgan fingerprint density at radius 3 is 2.81 bits per heavy atom. The highest BCUT2D eigenvalue weighted by molar-refractivity contribution is 6.03. The molecule has 0 spiro atoms. The van der Waals surface area contributed by atoms with Crippen LogP contribution in [-0.4, -0.2) is 19.6 Å². The molecule has 0 aliphatic heterocycles. The van der Waals surface area contributed by atoms with Crippen LogP contribution in [0.2, 0.25) is 0 Å². The van der Waals surface area contributed by atoms with E-state index in [9.17, 15) is 4.79 Å². The van der Waals surface area contributed by atoms with E-state index < -0.39 is 0 Å². The van der Waals surface area contributed by atoms with E-state index in [0.29, 0.717) is 30.4 Å². The number of methoxy groups -OCH3 is 1. The largest absolute Gasteiger partial charge is 0.491 e. The molecule has 112 valence electrons.